The van der Waals surface area contributed by atoms with Crippen molar-refractivity contribution in [2.75, 3.05) is 19.8 Å². The van der Waals surface area contributed by atoms with Crippen molar-refractivity contribution in [1.82, 2.24) is 9.71 Å². The molecular formula is C10H17N3O3S. The number of ether oxygens (including phenoxy) is 1. The lowest BCUT2D eigenvalue weighted by molar-refractivity contribution is 0.186. The third-order valence-corrected chi connectivity index (χ3v) is 4.24. The average Bonchev–Trinajstić information content (AvgIpc) is 2.98. The van der Waals surface area contributed by atoms with Gasteiger partial charge >= 0.3 is 0 Å². The molecule has 0 radical (unpaired) electrons. The van der Waals surface area contributed by atoms with E-state index in [0.717, 1.165) is 6.42 Å². The van der Waals surface area contributed by atoms with Gasteiger partial charge in [-0.05, 0) is 18.4 Å². The lowest BCUT2D eigenvalue weighted by Gasteiger charge is -2.08. The normalized spacial score (nSPS) is 20.9. The Labute approximate surface area is 101 Å². The van der Waals surface area contributed by atoms with Gasteiger partial charge in [0.2, 0.25) is 10.0 Å². The van der Waals surface area contributed by atoms with Crippen LogP contribution in [0.25, 0.3) is 0 Å². The zero-order chi connectivity index (χ0) is 12.3. The molecule has 1 unspecified atom stereocenters. The predicted molar refractivity (Wildman–Crippen MR) is 62.8 cm³/mol. The standard InChI is InChI=1S/C10H17N3O3S/c11-4-9-3-10(6-12-9)17(14,15)13-5-8-1-2-16-7-8/h3,6,8,12-13H,1-2,4-5,7,11H2. The Morgan fingerprint density at radius 2 is 2.41 bits per heavy atom. The molecule has 0 bridgehead atoms. The van der Waals surface area contributed by atoms with E-state index in [4.69, 9.17) is 10.5 Å². The predicted octanol–water partition coefficient (Wildman–Crippen LogP) is -0.212. The van der Waals surface area contributed by atoms with Crippen molar-refractivity contribution >= 4 is 10.0 Å². The Balaban J connectivity index is 1.97. The number of sulfonamides is 1. The second kappa shape index (κ2) is 5.18. The van der Waals surface area contributed by atoms with E-state index in [9.17, 15) is 8.42 Å². The van der Waals surface area contributed by atoms with Gasteiger partial charge in [-0.25, -0.2) is 13.1 Å². The van der Waals surface area contributed by atoms with Gasteiger partial charge in [-0.1, -0.05) is 0 Å². The van der Waals surface area contributed by atoms with Gasteiger partial charge in [0.05, 0.1) is 11.5 Å². The minimum Gasteiger partial charge on any atom is -0.381 e. The fourth-order valence-electron chi connectivity index (χ4n) is 1.75. The highest BCUT2D eigenvalue weighted by Gasteiger charge is 2.20. The summed E-state index contributed by atoms with van der Waals surface area (Å²) in [5, 5.41) is 0. The van der Waals surface area contributed by atoms with Crippen molar-refractivity contribution in [3.8, 4) is 0 Å². The molecule has 1 saturated heterocycles. The summed E-state index contributed by atoms with van der Waals surface area (Å²) in [6.45, 7) is 2.06. The number of hydrogen-bond acceptors (Lipinski definition) is 4. The number of aromatic nitrogens is 1. The molecule has 2 rings (SSSR count). The third-order valence-electron chi connectivity index (χ3n) is 2.83. The van der Waals surface area contributed by atoms with Gasteiger partial charge in [0.15, 0.2) is 0 Å². The Hall–Kier alpha value is -0.890. The topological polar surface area (TPSA) is 97.2 Å². The third kappa shape index (κ3) is 3.06. The molecule has 1 aromatic rings. The summed E-state index contributed by atoms with van der Waals surface area (Å²) >= 11 is 0. The molecule has 0 aliphatic carbocycles. The Bertz CT molecular complexity index is 463. The molecule has 1 aromatic heterocycles. The van der Waals surface area contributed by atoms with E-state index in [1.165, 1.54) is 6.20 Å². The lowest BCUT2D eigenvalue weighted by Crippen LogP contribution is -2.29. The Morgan fingerprint density at radius 3 is 3.00 bits per heavy atom. The van der Waals surface area contributed by atoms with Gasteiger partial charge in [0.25, 0.3) is 0 Å². The van der Waals surface area contributed by atoms with Crippen LogP contribution in [0.4, 0.5) is 0 Å². The number of rotatable bonds is 5. The smallest absolute Gasteiger partial charge is 0.242 e. The Morgan fingerprint density at radius 1 is 1.59 bits per heavy atom. The van der Waals surface area contributed by atoms with Crippen LogP contribution >= 0.6 is 0 Å². The molecule has 4 N–H and O–H groups in total. The number of nitrogens with two attached hydrogens (primary N) is 1. The summed E-state index contributed by atoms with van der Waals surface area (Å²) in [6, 6.07) is 1.55. The van der Waals surface area contributed by atoms with Crippen LogP contribution in [-0.4, -0.2) is 33.2 Å². The molecule has 1 fully saturated rings. The Kier molecular flexibility index (Phi) is 3.82. The fourth-order valence-corrected chi connectivity index (χ4v) is 2.88. The van der Waals surface area contributed by atoms with Crippen LogP contribution in [0.2, 0.25) is 0 Å². The highest BCUT2D eigenvalue weighted by molar-refractivity contribution is 7.89. The van der Waals surface area contributed by atoms with Crippen LogP contribution in [0.5, 0.6) is 0 Å². The fraction of sp³-hybridized carbons (Fsp3) is 0.600. The summed E-state index contributed by atoms with van der Waals surface area (Å²) in [4.78, 5) is 3.05. The van der Waals surface area contributed by atoms with Crippen LogP contribution in [0.3, 0.4) is 0 Å². The van der Waals surface area contributed by atoms with Crippen molar-refractivity contribution < 1.29 is 13.2 Å². The molecule has 96 valence electrons. The van der Waals surface area contributed by atoms with Crippen LogP contribution < -0.4 is 10.5 Å². The maximum Gasteiger partial charge on any atom is 0.242 e. The molecule has 1 aliphatic heterocycles. The van der Waals surface area contributed by atoms with E-state index in [1.807, 2.05) is 0 Å². The van der Waals surface area contributed by atoms with Crippen molar-refractivity contribution in [2.24, 2.45) is 11.7 Å². The molecule has 1 atom stereocenters. The van der Waals surface area contributed by atoms with Crippen molar-refractivity contribution in [3.05, 3.63) is 18.0 Å². The van der Waals surface area contributed by atoms with Gasteiger partial charge in [0.1, 0.15) is 0 Å². The monoisotopic (exact) mass is 259 g/mol. The molecular weight excluding hydrogens is 242 g/mol. The van der Waals surface area contributed by atoms with Gasteiger partial charge < -0.3 is 15.5 Å². The van der Waals surface area contributed by atoms with Crippen molar-refractivity contribution in [2.45, 2.75) is 17.9 Å². The molecule has 0 amide bonds. The quantitative estimate of drug-likeness (QED) is 0.681. The highest BCUT2D eigenvalue weighted by Crippen LogP contribution is 2.14. The van der Waals surface area contributed by atoms with E-state index in [0.29, 0.717) is 32.0 Å². The van der Waals surface area contributed by atoms with Crippen molar-refractivity contribution in [1.29, 1.82) is 0 Å². The van der Waals surface area contributed by atoms with Crippen LogP contribution in [0, 0.1) is 5.92 Å². The zero-order valence-corrected chi connectivity index (χ0v) is 10.3. The van der Waals surface area contributed by atoms with Gasteiger partial charge in [0, 0.05) is 31.6 Å². The minimum absolute atomic E-state index is 0.233. The SMILES string of the molecule is NCc1cc(S(=O)(=O)NCC2CCOC2)c[nH]1. The van der Waals surface area contributed by atoms with Gasteiger partial charge in [-0.3, -0.25) is 0 Å². The van der Waals surface area contributed by atoms with E-state index in [1.54, 1.807) is 6.07 Å². The average molecular weight is 259 g/mol. The first-order chi connectivity index (χ1) is 8.12. The maximum atomic E-state index is 11.9. The van der Waals surface area contributed by atoms with E-state index >= 15 is 0 Å². The minimum atomic E-state index is -3.43. The van der Waals surface area contributed by atoms with E-state index in [2.05, 4.69) is 9.71 Å². The molecule has 6 nitrogen and oxygen atoms in total. The molecule has 1 aliphatic rings. The van der Waals surface area contributed by atoms with Crippen LogP contribution in [0.15, 0.2) is 17.2 Å². The number of nitrogens with one attached hydrogen (secondary N) is 2. The number of aromatic amines is 1. The molecule has 0 spiro atoms. The molecule has 2 heterocycles. The second-order valence-corrected chi connectivity index (χ2v) is 5.91. The van der Waals surface area contributed by atoms with E-state index < -0.39 is 10.0 Å². The van der Waals surface area contributed by atoms with Crippen LogP contribution in [0.1, 0.15) is 12.1 Å². The summed E-state index contributed by atoms with van der Waals surface area (Å²) < 4.78 is 31.6. The van der Waals surface area contributed by atoms with Gasteiger partial charge in [-0.2, -0.15) is 0 Å². The number of hydrogen-bond donors (Lipinski definition) is 3. The molecule has 0 aromatic carbocycles. The summed E-state index contributed by atoms with van der Waals surface area (Å²) in [5.74, 6) is 0.276. The molecule has 17 heavy (non-hydrogen) atoms. The maximum absolute atomic E-state index is 11.9. The van der Waals surface area contributed by atoms with Crippen LogP contribution in [-0.2, 0) is 21.3 Å². The summed E-state index contributed by atoms with van der Waals surface area (Å²) in [6.07, 6.45) is 2.36. The highest BCUT2D eigenvalue weighted by atomic mass is 32.2. The zero-order valence-electron chi connectivity index (χ0n) is 9.48. The number of H-pyrrole nitrogens is 1. The molecule has 0 saturated carbocycles. The van der Waals surface area contributed by atoms with E-state index in [-0.39, 0.29) is 10.8 Å². The summed E-state index contributed by atoms with van der Waals surface area (Å²) in [5.41, 5.74) is 6.12. The molecule has 7 heteroatoms. The largest absolute Gasteiger partial charge is 0.381 e. The van der Waals surface area contributed by atoms with Gasteiger partial charge in [-0.15, -0.1) is 0 Å². The first-order valence-corrected chi connectivity index (χ1v) is 7.05. The lowest BCUT2D eigenvalue weighted by atomic mass is 10.1. The second-order valence-electron chi connectivity index (χ2n) is 4.15. The summed E-state index contributed by atoms with van der Waals surface area (Å²) in [7, 11) is -3.43. The first kappa shape index (κ1) is 12.6. The van der Waals surface area contributed by atoms with Crippen molar-refractivity contribution in [3.63, 3.8) is 0 Å². The first-order valence-electron chi connectivity index (χ1n) is 5.56.